The van der Waals surface area contributed by atoms with Crippen molar-refractivity contribution in [3.8, 4) is 0 Å². The second kappa shape index (κ2) is 6.20. The van der Waals surface area contributed by atoms with Crippen molar-refractivity contribution < 1.29 is 4.79 Å². The van der Waals surface area contributed by atoms with Crippen molar-refractivity contribution in [2.24, 2.45) is 0 Å². The van der Waals surface area contributed by atoms with Gasteiger partial charge in [-0.1, -0.05) is 0 Å². The number of amides is 1. The fourth-order valence-corrected chi connectivity index (χ4v) is 1.31. The van der Waals surface area contributed by atoms with Crippen molar-refractivity contribution in [2.45, 2.75) is 0 Å². The van der Waals surface area contributed by atoms with E-state index in [1.165, 1.54) is 4.90 Å². The maximum atomic E-state index is 11.7. The zero-order valence-electron chi connectivity index (χ0n) is 10.9. The third-order valence-electron chi connectivity index (χ3n) is 2.27. The van der Waals surface area contributed by atoms with Crippen molar-refractivity contribution in [3.63, 3.8) is 0 Å². The Balaban J connectivity index is 2.63. The molecule has 0 aliphatic carbocycles. The first-order chi connectivity index (χ1) is 8.00. The monoisotopic (exact) mass is 236 g/mol. The molecule has 0 saturated heterocycles. The molecule has 1 aromatic heterocycles. The summed E-state index contributed by atoms with van der Waals surface area (Å²) in [7, 11) is 7.48. The van der Waals surface area contributed by atoms with Crippen LogP contribution in [0.15, 0.2) is 18.3 Å². The molecule has 1 amide bonds. The maximum Gasteiger partial charge on any atom is 0.272 e. The van der Waals surface area contributed by atoms with Crippen molar-refractivity contribution in [2.75, 3.05) is 46.6 Å². The first kappa shape index (κ1) is 13.4. The zero-order chi connectivity index (χ0) is 12.8. The molecule has 5 heteroatoms. The molecule has 0 saturated carbocycles. The van der Waals surface area contributed by atoms with Crippen LogP contribution < -0.4 is 5.32 Å². The molecule has 0 aliphatic heterocycles. The molecular weight excluding hydrogens is 216 g/mol. The number of carbonyl (C=O) groups excluding carboxylic acids is 1. The van der Waals surface area contributed by atoms with Gasteiger partial charge in [-0.15, -0.1) is 0 Å². The van der Waals surface area contributed by atoms with E-state index in [1.54, 1.807) is 26.4 Å². The second-order valence-electron chi connectivity index (χ2n) is 4.36. The molecular formula is C12H20N4O. The van der Waals surface area contributed by atoms with Crippen LogP contribution in [-0.2, 0) is 0 Å². The number of nitrogens with zero attached hydrogens (tertiary/aromatic N) is 3. The molecule has 0 spiro atoms. The summed E-state index contributed by atoms with van der Waals surface area (Å²) in [6, 6.07) is 3.64. The molecule has 0 atom stereocenters. The molecule has 1 rings (SSSR count). The number of rotatable bonds is 5. The Hall–Kier alpha value is -1.62. The van der Waals surface area contributed by atoms with Gasteiger partial charge in [-0.3, -0.25) is 9.78 Å². The van der Waals surface area contributed by atoms with Crippen LogP contribution in [0.25, 0.3) is 0 Å². The molecule has 5 nitrogen and oxygen atoms in total. The van der Waals surface area contributed by atoms with Gasteiger partial charge in [0.1, 0.15) is 5.69 Å². The molecule has 94 valence electrons. The maximum absolute atomic E-state index is 11.7. The Morgan fingerprint density at radius 3 is 2.65 bits per heavy atom. The van der Waals surface area contributed by atoms with E-state index < -0.39 is 0 Å². The first-order valence-corrected chi connectivity index (χ1v) is 5.57. The molecule has 0 radical (unpaired) electrons. The summed E-state index contributed by atoms with van der Waals surface area (Å²) in [6.07, 6.45) is 1.65. The predicted molar refractivity (Wildman–Crippen MR) is 69.3 cm³/mol. The van der Waals surface area contributed by atoms with Crippen LogP contribution in [0.5, 0.6) is 0 Å². The minimum Gasteiger partial charge on any atom is -0.384 e. The molecule has 0 aromatic carbocycles. The van der Waals surface area contributed by atoms with E-state index in [0.717, 1.165) is 18.8 Å². The van der Waals surface area contributed by atoms with Crippen LogP contribution in [0.3, 0.4) is 0 Å². The van der Waals surface area contributed by atoms with E-state index in [0.29, 0.717) is 5.69 Å². The largest absolute Gasteiger partial charge is 0.384 e. The van der Waals surface area contributed by atoms with Gasteiger partial charge in [-0.25, -0.2) is 0 Å². The second-order valence-corrected chi connectivity index (χ2v) is 4.36. The van der Waals surface area contributed by atoms with Crippen LogP contribution >= 0.6 is 0 Å². The van der Waals surface area contributed by atoms with Crippen LogP contribution in [0.4, 0.5) is 5.69 Å². The van der Waals surface area contributed by atoms with Crippen molar-refractivity contribution in [1.29, 1.82) is 0 Å². The smallest absolute Gasteiger partial charge is 0.272 e. The Bertz CT molecular complexity index is 377. The van der Waals surface area contributed by atoms with E-state index >= 15 is 0 Å². The summed E-state index contributed by atoms with van der Waals surface area (Å²) in [5.41, 5.74) is 1.39. The number of nitrogens with one attached hydrogen (secondary N) is 1. The molecule has 0 unspecified atom stereocenters. The summed E-state index contributed by atoms with van der Waals surface area (Å²) < 4.78 is 0. The number of anilines is 1. The highest BCUT2D eigenvalue weighted by Gasteiger charge is 2.09. The van der Waals surface area contributed by atoms with Gasteiger partial charge in [0.25, 0.3) is 5.91 Å². The Morgan fingerprint density at radius 2 is 2.06 bits per heavy atom. The lowest BCUT2D eigenvalue weighted by Crippen LogP contribution is -2.23. The normalized spacial score (nSPS) is 10.4. The Kier molecular flexibility index (Phi) is 4.90. The molecule has 0 fully saturated rings. The van der Waals surface area contributed by atoms with Gasteiger partial charge in [0.05, 0.1) is 0 Å². The quantitative estimate of drug-likeness (QED) is 0.820. The van der Waals surface area contributed by atoms with Gasteiger partial charge in [-0.2, -0.15) is 0 Å². The third-order valence-corrected chi connectivity index (χ3v) is 2.27. The highest BCUT2D eigenvalue weighted by atomic mass is 16.2. The van der Waals surface area contributed by atoms with E-state index in [9.17, 15) is 4.79 Å². The number of carbonyl (C=O) groups is 1. The van der Waals surface area contributed by atoms with Crippen molar-refractivity contribution in [3.05, 3.63) is 24.0 Å². The standard InChI is InChI=1S/C12H20N4O/c1-15(2)8-7-13-10-5-6-14-11(9-10)12(17)16(3)4/h5-6,9H,7-8H2,1-4H3,(H,13,14). The number of hydrogen-bond acceptors (Lipinski definition) is 4. The number of pyridine rings is 1. The molecule has 0 aliphatic rings. The van der Waals surface area contributed by atoms with Gasteiger partial charge < -0.3 is 15.1 Å². The summed E-state index contributed by atoms with van der Waals surface area (Å²) in [5, 5.41) is 3.26. The minimum absolute atomic E-state index is 0.0822. The average Bonchev–Trinajstić information content (AvgIpc) is 2.28. The van der Waals surface area contributed by atoms with Crippen LogP contribution in [0, 0.1) is 0 Å². The minimum atomic E-state index is -0.0822. The van der Waals surface area contributed by atoms with Crippen molar-refractivity contribution >= 4 is 11.6 Å². The highest BCUT2D eigenvalue weighted by molar-refractivity contribution is 5.92. The lowest BCUT2D eigenvalue weighted by Gasteiger charge is -2.13. The lowest BCUT2D eigenvalue weighted by atomic mass is 10.3. The molecule has 17 heavy (non-hydrogen) atoms. The van der Waals surface area contributed by atoms with Crippen LogP contribution in [0.2, 0.25) is 0 Å². The lowest BCUT2D eigenvalue weighted by molar-refractivity contribution is 0.0822. The molecule has 1 heterocycles. The number of aromatic nitrogens is 1. The molecule has 1 aromatic rings. The average molecular weight is 236 g/mol. The Labute approximate surface area is 102 Å². The van der Waals surface area contributed by atoms with Gasteiger partial charge >= 0.3 is 0 Å². The van der Waals surface area contributed by atoms with Gasteiger partial charge in [-0.05, 0) is 26.2 Å². The molecule has 0 bridgehead atoms. The van der Waals surface area contributed by atoms with Crippen LogP contribution in [0.1, 0.15) is 10.5 Å². The topological polar surface area (TPSA) is 48.5 Å². The van der Waals surface area contributed by atoms with E-state index in [-0.39, 0.29) is 5.91 Å². The van der Waals surface area contributed by atoms with Crippen LogP contribution in [-0.4, -0.2) is 62.0 Å². The first-order valence-electron chi connectivity index (χ1n) is 5.57. The summed E-state index contributed by atoms with van der Waals surface area (Å²) >= 11 is 0. The fourth-order valence-electron chi connectivity index (χ4n) is 1.31. The van der Waals surface area contributed by atoms with Gasteiger partial charge in [0, 0.05) is 39.1 Å². The van der Waals surface area contributed by atoms with E-state index in [2.05, 4.69) is 15.2 Å². The fraction of sp³-hybridized carbons (Fsp3) is 0.500. The van der Waals surface area contributed by atoms with E-state index in [1.807, 2.05) is 20.2 Å². The summed E-state index contributed by atoms with van der Waals surface area (Å²) in [6.45, 7) is 1.78. The third kappa shape index (κ3) is 4.40. The SMILES string of the molecule is CN(C)CCNc1ccnc(C(=O)N(C)C)c1. The number of hydrogen-bond donors (Lipinski definition) is 1. The molecule has 1 N–H and O–H groups in total. The Morgan fingerprint density at radius 1 is 1.35 bits per heavy atom. The van der Waals surface area contributed by atoms with Gasteiger partial charge in [0.2, 0.25) is 0 Å². The number of likely N-dealkylation sites (N-methyl/N-ethyl adjacent to an activating group) is 1. The van der Waals surface area contributed by atoms with Gasteiger partial charge in [0.15, 0.2) is 0 Å². The summed E-state index contributed by atoms with van der Waals surface area (Å²) in [4.78, 5) is 19.4. The van der Waals surface area contributed by atoms with Crippen molar-refractivity contribution in [1.82, 2.24) is 14.8 Å². The predicted octanol–water partition coefficient (Wildman–Crippen LogP) is 0.757. The highest BCUT2D eigenvalue weighted by Crippen LogP contribution is 2.08. The summed E-state index contributed by atoms with van der Waals surface area (Å²) in [5.74, 6) is -0.0822. The van der Waals surface area contributed by atoms with E-state index in [4.69, 9.17) is 0 Å². The zero-order valence-corrected chi connectivity index (χ0v) is 10.9.